The number of pyridine rings is 1. The number of amides is 1. The van der Waals surface area contributed by atoms with Gasteiger partial charge >= 0.3 is 12.2 Å². The smallest absolute Gasteiger partial charge is 0.422 e. The molecule has 1 aromatic carbocycles. The van der Waals surface area contributed by atoms with Crippen LogP contribution in [0.3, 0.4) is 0 Å². The van der Waals surface area contributed by atoms with Crippen LogP contribution in [0.25, 0.3) is 11.0 Å². The molecule has 0 aliphatic carbocycles. The average Bonchev–Trinajstić information content (AvgIpc) is 3.23. The van der Waals surface area contributed by atoms with Crippen LogP contribution in [0.5, 0.6) is 5.75 Å². The SMILES string of the molecule is CCC(CC)CCN(C)C(=O)n1c([S@](=O)Cc2nccc(OCC(F)(F)F)c2C)nc2ccccc21. The molecular formula is C25H31F3N4O3S. The lowest BCUT2D eigenvalue weighted by atomic mass is 9.99. The lowest BCUT2D eigenvalue weighted by Crippen LogP contribution is -2.34. The van der Waals surface area contributed by atoms with Gasteiger partial charge in [-0.3, -0.25) is 9.19 Å². The molecule has 0 radical (unpaired) electrons. The minimum Gasteiger partial charge on any atom is -0.484 e. The lowest BCUT2D eigenvalue weighted by molar-refractivity contribution is -0.153. The maximum Gasteiger partial charge on any atom is 0.422 e. The summed E-state index contributed by atoms with van der Waals surface area (Å²) in [7, 11) is -0.0994. The van der Waals surface area contributed by atoms with E-state index in [4.69, 9.17) is 4.74 Å². The molecule has 196 valence electrons. The summed E-state index contributed by atoms with van der Waals surface area (Å²) in [4.78, 5) is 23.7. The first-order valence-electron chi connectivity index (χ1n) is 11.8. The molecule has 1 amide bonds. The zero-order valence-electron chi connectivity index (χ0n) is 20.8. The Labute approximate surface area is 211 Å². The monoisotopic (exact) mass is 524 g/mol. The summed E-state index contributed by atoms with van der Waals surface area (Å²) in [5.41, 5.74) is 1.72. The lowest BCUT2D eigenvalue weighted by Gasteiger charge is -2.21. The Balaban J connectivity index is 1.89. The molecule has 0 aliphatic rings. The van der Waals surface area contributed by atoms with Crippen molar-refractivity contribution in [3.8, 4) is 5.75 Å². The van der Waals surface area contributed by atoms with Crippen molar-refractivity contribution in [1.82, 2.24) is 19.4 Å². The van der Waals surface area contributed by atoms with Gasteiger partial charge in [-0.15, -0.1) is 0 Å². The minimum atomic E-state index is -4.48. The van der Waals surface area contributed by atoms with Gasteiger partial charge in [-0.1, -0.05) is 38.8 Å². The topological polar surface area (TPSA) is 77.3 Å². The van der Waals surface area contributed by atoms with Gasteiger partial charge in [-0.2, -0.15) is 13.2 Å². The predicted molar refractivity (Wildman–Crippen MR) is 132 cm³/mol. The zero-order valence-corrected chi connectivity index (χ0v) is 21.7. The summed E-state index contributed by atoms with van der Waals surface area (Å²) in [5, 5.41) is 0.0680. The van der Waals surface area contributed by atoms with E-state index in [1.54, 1.807) is 43.1 Å². The number of rotatable bonds is 10. The van der Waals surface area contributed by atoms with Crippen molar-refractivity contribution in [2.45, 2.75) is 57.1 Å². The Morgan fingerprint density at radius 2 is 1.89 bits per heavy atom. The van der Waals surface area contributed by atoms with E-state index in [1.165, 1.54) is 16.8 Å². The maximum absolute atomic E-state index is 13.5. The first-order chi connectivity index (χ1) is 17.1. The molecule has 0 bridgehead atoms. The van der Waals surface area contributed by atoms with Gasteiger partial charge in [0.2, 0.25) is 5.16 Å². The number of ether oxygens (including phenoxy) is 1. The summed E-state index contributed by atoms with van der Waals surface area (Å²) in [6.07, 6.45) is -0.261. The highest BCUT2D eigenvalue weighted by molar-refractivity contribution is 7.84. The number of imidazole rings is 1. The Morgan fingerprint density at radius 1 is 1.19 bits per heavy atom. The summed E-state index contributed by atoms with van der Waals surface area (Å²) in [6.45, 7) is 4.92. The first kappa shape index (κ1) is 27.6. The Kier molecular flexibility index (Phi) is 9.10. The van der Waals surface area contributed by atoms with Crippen LogP contribution in [0.4, 0.5) is 18.0 Å². The molecule has 0 saturated heterocycles. The number of nitrogens with zero attached hydrogens (tertiary/aromatic N) is 4. The number of aromatic nitrogens is 3. The largest absolute Gasteiger partial charge is 0.484 e. The average molecular weight is 525 g/mol. The van der Waals surface area contributed by atoms with Crippen LogP contribution in [-0.2, 0) is 16.6 Å². The van der Waals surface area contributed by atoms with Gasteiger partial charge in [0.1, 0.15) is 5.75 Å². The number of para-hydroxylation sites is 2. The third kappa shape index (κ3) is 6.63. The fourth-order valence-electron chi connectivity index (χ4n) is 3.89. The van der Waals surface area contributed by atoms with E-state index >= 15 is 0 Å². The molecule has 0 fully saturated rings. The number of halogens is 3. The Hall–Kier alpha value is -2.95. The van der Waals surface area contributed by atoms with Crippen molar-refractivity contribution in [2.24, 2.45) is 5.92 Å². The summed E-state index contributed by atoms with van der Waals surface area (Å²) < 4.78 is 57.5. The molecule has 0 spiro atoms. The number of carbonyl (C=O) groups is 1. The van der Waals surface area contributed by atoms with Gasteiger partial charge in [0.15, 0.2) is 6.61 Å². The van der Waals surface area contributed by atoms with E-state index in [2.05, 4.69) is 23.8 Å². The number of fused-ring (bicyclic) bond motifs is 1. The normalized spacial score (nSPS) is 12.8. The quantitative estimate of drug-likeness (QED) is 0.339. The first-order valence-corrected chi connectivity index (χ1v) is 13.1. The van der Waals surface area contributed by atoms with Crippen LogP contribution in [0, 0.1) is 12.8 Å². The standard InChI is InChI=1S/C25H31F3N4O3S/c1-5-18(6-2)12-14-31(4)24(33)32-21-10-8-7-9-19(21)30-23(32)36(34)15-20-17(3)22(11-13-29-20)35-16-25(26,27)28/h7-11,13,18H,5-6,12,14-16H2,1-4H3/t36-/m1/s1. The number of carbonyl (C=O) groups excluding carboxylic acids is 1. The van der Waals surface area contributed by atoms with Crippen molar-refractivity contribution in [2.75, 3.05) is 20.2 Å². The second-order valence-corrected chi connectivity index (χ2v) is 10.0. The van der Waals surface area contributed by atoms with Crippen LogP contribution in [0.2, 0.25) is 0 Å². The second kappa shape index (κ2) is 11.9. The highest BCUT2D eigenvalue weighted by Crippen LogP contribution is 2.26. The zero-order chi connectivity index (χ0) is 26.5. The number of hydrogen-bond acceptors (Lipinski definition) is 5. The predicted octanol–water partition coefficient (Wildman–Crippen LogP) is 5.71. The van der Waals surface area contributed by atoms with E-state index in [0.29, 0.717) is 34.8 Å². The van der Waals surface area contributed by atoms with Crippen molar-refractivity contribution >= 4 is 27.9 Å². The van der Waals surface area contributed by atoms with E-state index in [0.717, 1.165) is 19.3 Å². The fraction of sp³-hybridized carbons (Fsp3) is 0.480. The van der Waals surface area contributed by atoms with Gasteiger partial charge in [-0.25, -0.2) is 14.3 Å². The molecule has 2 heterocycles. The molecule has 0 unspecified atom stereocenters. The van der Waals surface area contributed by atoms with Crippen LogP contribution in [0.15, 0.2) is 41.7 Å². The van der Waals surface area contributed by atoms with E-state index in [-0.39, 0.29) is 22.7 Å². The number of alkyl halides is 3. The Bertz CT molecular complexity index is 1220. The molecule has 7 nitrogen and oxygen atoms in total. The highest BCUT2D eigenvalue weighted by Gasteiger charge is 2.29. The molecule has 11 heteroatoms. The second-order valence-electron chi connectivity index (χ2n) is 8.67. The third-order valence-electron chi connectivity index (χ3n) is 6.20. The number of hydrogen-bond donors (Lipinski definition) is 0. The van der Waals surface area contributed by atoms with Crippen molar-refractivity contribution in [3.63, 3.8) is 0 Å². The highest BCUT2D eigenvalue weighted by atomic mass is 32.2. The third-order valence-corrected chi connectivity index (χ3v) is 7.41. The van der Waals surface area contributed by atoms with Gasteiger partial charge < -0.3 is 9.64 Å². The summed E-state index contributed by atoms with van der Waals surface area (Å²) in [6, 6.07) is 8.02. The van der Waals surface area contributed by atoms with Crippen LogP contribution < -0.4 is 4.74 Å². The maximum atomic E-state index is 13.5. The molecule has 3 rings (SSSR count). The molecule has 1 atom stereocenters. The summed E-state index contributed by atoms with van der Waals surface area (Å²) in [5.74, 6) is 0.387. The molecule has 0 aliphatic heterocycles. The van der Waals surface area contributed by atoms with E-state index < -0.39 is 23.6 Å². The van der Waals surface area contributed by atoms with Crippen LogP contribution in [-0.4, -0.2) is 56.1 Å². The van der Waals surface area contributed by atoms with Crippen LogP contribution in [0.1, 0.15) is 44.4 Å². The Morgan fingerprint density at radius 3 is 2.56 bits per heavy atom. The van der Waals surface area contributed by atoms with Gasteiger partial charge in [0.25, 0.3) is 0 Å². The van der Waals surface area contributed by atoms with Gasteiger partial charge in [0, 0.05) is 25.4 Å². The number of benzene rings is 1. The van der Waals surface area contributed by atoms with E-state index in [9.17, 15) is 22.2 Å². The fourth-order valence-corrected chi connectivity index (χ4v) is 5.14. The van der Waals surface area contributed by atoms with Crippen molar-refractivity contribution in [1.29, 1.82) is 0 Å². The van der Waals surface area contributed by atoms with Crippen LogP contribution >= 0.6 is 0 Å². The van der Waals surface area contributed by atoms with Gasteiger partial charge in [-0.05, 0) is 37.5 Å². The molecule has 2 aromatic heterocycles. The summed E-state index contributed by atoms with van der Waals surface area (Å²) >= 11 is 0. The van der Waals surface area contributed by atoms with Crippen molar-refractivity contribution in [3.05, 3.63) is 47.8 Å². The molecule has 3 aromatic rings. The van der Waals surface area contributed by atoms with E-state index in [1.807, 2.05) is 0 Å². The molecular weight excluding hydrogens is 493 g/mol. The molecule has 36 heavy (non-hydrogen) atoms. The van der Waals surface area contributed by atoms with Crippen molar-refractivity contribution < 1.29 is 26.9 Å². The minimum absolute atomic E-state index is 0.0139. The molecule has 0 saturated carbocycles. The van der Waals surface area contributed by atoms with Gasteiger partial charge in [0.05, 0.1) is 33.3 Å². The molecule has 0 N–H and O–H groups in total.